The highest BCUT2D eigenvalue weighted by Crippen LogP contribution is 2.36. The van der Waals surface area contributed by atoms with Gasteiger partial charge >= 0.3 is 6.18 Å². The zero-order chi connectivity index (χ0) is 16.7. The van der Waals surface area contributed by atoms with Crippen LogP contribution >= 0.6 is 43.2 Å². The first-order valence-electron chi connectivity index (χ1n) is 5.91. The van der Waals surface area contributed by atoms with Gasteiger partial charge in [-0.3, -0.25) is 4.79 Å². The van der Waals surface area contributed by atoms with Crippen molar-refractivity contribution in [2.75, 3.05) is 5.32 Å². The van der Waals surface area contributed by atoms with Crippen LogP contribution in [0.3, 0.4) is 0 Å². The molecule has 1 aromatic carbocycles. The number of carbonyl (C=O) groups excluding carboxylic acids is 1. The summed E-state index contributed by atoms with van der Waals surface area (Å²) in [4.78, 5) is 15.2. The highest BCUT2D eigenvalue weighted by Gasteiger charge is 2.39. The molecular formula is C13H9Br2F3N2OS. The van der Waals surface area contributed by atoms with Crippen molar-refractivity contribution < 1.29 is 18.0 Å². The normalized spacial score (nSPS) is 11.6. The number of rotatable bonds is 2. The minimum atomic E-state index is -4.67. The molecule has 0 radical (unpaired) electrons. The Kier molecular flexibility index (Phi) is 4.98. The number of nitrogens with zero attached hydrogens (tertiary/aromatic N) is 1. The molecule has 1 N–H and O–H groups in total. The Morgan fingerprint density at radius 1 is 1.23 bits per heavy atom. The van der Waals surface area contributed by atoms with Gasteiger partial charge in [0.25, 0.3) is 5.91 Å². The van der Waals surface area contributed by atoms with Gasteiger partial charge in [0, 0.05) is 8.95 Å². The maximum absolute atomic E-state index is 12.9. The van der Waals surface area contributed by atoms with Gasteiger partial charge in [-0.05, 0) is 63.4 Å². The molecule has 0 saturated carbocycles. The van der Waals surface area contributed by atoms with E-state index in [2.05, 4.69) is 42.2 Å². The summed E-state index contributed by atoms with van der Waals surface area (Å²) in [6.07, 6.45) is -4.67. The number of hydrogen-bond donors (Lipinski definition) is 1. The number of amides is 1. The second kappa shape index (κ2) is 6.29. The average molecular weight is 458 g/mol. The summed E-state index contributed by atoms with van der Waals surface area (Å²) in [6.45, 7) is 3.28. The fraction of sp³-hybridized carbons (Fsp3) is 0.231. The Labute approximate surface area is 145 Å². The monoisotopic (exact) mass is 456 g/mol. The molecule has 22 heavy (non-hydrogen) atoms. The van der Waals surface area contributed by atoms with Crippen molar-refractivity contribution in [3.8, 4) is 0 Å². The number of carbonyl (C=O) groups is 1. The van der Waals surface area contributed by atoms with Gasteiger partial charge in [-0.15, -0.1) is 11.3 Å². The van der Waals surface area contributed by atoms with E-state index in [1.165, 1.54) is 6.92 Å². The topological polar surface area (TPSA) is 42.0 Å². The summed E-state index contributed by atoms with van der Waals surface area (Å²) >= 11 is 7.28. The Morgan fingerprint density at radius 3 is 2.27 bits per heavy atom. The summed E-state index contributed by atoms with van der Waals surface area (Å²) < 4.78 is 39.9. The van der Waals surface area contributed by atoms with Crippen LogP contribution < -0.4 is 5.32 Å². The predicted molar refractivity (Wildman–Crippen MR) is 86.4 cm³/mol. The second-order valence-electron chi connectivity index (χ2n) is 4.47. The van der Waals surface area contributed by atoms with Crippen LogP contribution in [-0.4, -0.2) is 10.9 Å². The number of aromatic nitrogens is 1. The molecule has 2 rings (SSSR count). The molecule has 0 aliphatic rings. The van der Waals surface area contributed by atoms with E-state index in [4.69, 9.17) is 0 Å². The molecule has 0 aliphatic carbocycles. The molecule has 9 heteroatoms. The van der Waals surface area contributed by atoms with Crippen LogP contribution in [0.15, 0.2) is 21.1 Å². The molecule has 0 fully saturated rings. The smallest absolute Gasteiger partial charge is 0.319 e. The van der Waals surface area contributed by atoms with Gasteiger partial charge in [-0.2, -0.15) is 13.2 Å². The van der Waals surface area contributed by atoms with E-state index in [1.807, 2.05) is 6.92 Å². The standard InChI is InChI=1S/C13H9Br2F3N2OS/c1-5-3-7(14)9(8(15)4-5)20-12(21)10-11(13(16,17)18)19-6(2)22-10/h3-4H,1-2H3,(H,20,21). The van der Waals surface area contributed by atoms with Crippen molar-refractivity contribution in [1.29, 1.82) is 0 Å². The van der Waals surface area contributed by atoms with E-state index in [-0.39, 0.29) is 5.01 Å². The summed E-state index contributed by atoms with van der Waals surface area (Å²) in [5.41, 5.74) is 0.142. The zero-order valence-electron chi connectivity index (χ0n) is 11.3. The Balaban J connectivity index is 2.39. The number of aryl methyl sites for hydroxylation is 2. The Morgan fingerprint density at radius 2 is 1.77 bits per heavy atom. The van der Waals surface area contributed by atoms with Gasteiger partial charge in [-0.1, -0.05) is 0 Å². The van der Waals surface area contributed by atoms with Crippen LogP contribution in [0.5, 0.6) is 0 Å². The minimum Gasteiger partial charge on any atom is -0.319 e. The highest BCUT2D eigenvalue weighted by atomic mass is 79.9. The first-order chi connectivity index (χ1) is 10.1. The SMILES string of the molecule is Cc1cc(Br)c(NC(=O)c2sc(C)nc2C(F)(F)F)c(Br)c1. The van der Waals surface area contributed by atoms with Gasteiger partial charge in [0.15, 0.2) is 5.69 Å². The summed E-state index contributed by atoms with van der Waals surface area (Å²) in [5, 5.41) is 2.67. The molecule has 0 bridgehead atoms. The van der Waals surface area contributed by atoms with Crippen molar-refractivity contribution >= 4 is 54.8 Å². The van der Waals surface area contributed by atoms with Crippen molar-refractivity contribution in [2.45, 2.75) is 20.0 Å². The summed E-state index contributed by atoms with van der Waals surface area (Å²) in [7, 11) is 0. The Hall–Kier alpha value is -0.930. The van der Waals surface area contributed by atoms with Crippen LogP contribution in [0.2, 0.25) is 0 Å². The van der Waals surface area contributed by atoms with Gasteiger partial charge < -0.3 is 5.32 Å². The fourth-order valence-electron chi connectivity index (χ4n) is 1.76. The van der Waals surface area contributed by atoms with Gasteiger partial charge in [0.05, 0.1) is 10.7 Å². The number of thiazole rings is 1. The molecule has 3 nitrogen and oxygen atoms in total. The van der Waals surface area contributed by atoms with Gasteiger partial charge in [-0.25, -0.2) is 4.98 Å². The third kappa shape index (κ3) is 3.69. The first-order valence-corrected chi connectivity index (χ1v) is 8.31. The summed E-state index contributed by atoms with van der Waals surface area (Å²) in [6, 6.07) is 3.51. The number of benzene rings is 1. The molecule has 118 valence electrons. The van der Waals surface area contributed by atoms with Crippen LogP contribution in [-0.2, 0) is 6.18 Å². The third-order valence-corrected chi connectivity index (χ3v) is 4.85. The van der Waals surface area contributed by atoms with Gasteiger partial charge in [0.1, 0.15) is 4.88 Å². The first kappa shape index (κ1) is 17.4. The van der Waals surface area contributed by atoms with Crippen molar-refractivity contribution in [3.05, 3.63) is 42.2 Å². The molecule has 1 amide bonds. The molecule has 0 unspecified atom stereocenters. The fourth-order valence-corrected chi connectivity index (χ4v) is 4.21. The molecule has 0 saturated heterocycles. The lowest BCUT2D eigenvalue weighted by Gasteiger charge is -2.11. The van der Waals surface area contributed by atoms with Crippen LogP contribution in [0, 0.1) is 13.8 Å². The zero-order valence-corrected chi connectivity index (χ0v) is 15.3. The number of alkyl halides is 3. The van der Waals surface area contributed by atoms with E-state index in [0.717, 1.165) is 5.56 Å². The summed E-state index contributed by atoms with van der Waals surface area (Å²) in [5.74, 6) is -0.844. The molecule has 0 spiro atoms. The van der Waals surface area contributed by atoms with E-state index in [0.29, 0.717) is 26.0 Å². The minimum absolute atomic E-state index is 0.180. The molecule has 0 aliphatic heterocycles. The molecule has 1 aromatic heterocycles. The maximum atomic E-state index is 12.9. The van der Waals surface area contributed by atoms with Crippen molar-refractivity contribution in [1.82, 2.24) is 4.98 Å². The van der Waals surface area contributed by atoms with E-state index >= 15 is 0 Å². The molecule has 0 atom stereocenters. The van der Waals surface area contributed by atoms with E-state index in [1.54, 1.807) is 12.1 Å². The van der Waals surface area contributed by atoms with Crippen LogP contribution in [0.1, 0.15) is 25.9 Å². The van der Waals surface area contributed by atoms with Crippen molar-refractivity contribution in [2.24, 2.45) is 0 Å². The van der Waals surface area contributed by atoms with Crippen molar-refractivity contribution in [3.63, 3.8) is 0 Å². The lowest BCUT2D eigenvalue weighted by Crippen LogP contribution is -2.17. The highest BCUT2D eigenvalue weighted by molar-refractivity contribution is 9.11. The van der Waals surface area contributed by atoms with Crippen LogP contribution in [0.25, 0.3) is 0 Å². The largest absolute Gasteiger partial charge is 0.435 e. The van der Waals surface area contributed by atoms with Gasteiger partial charge in [0.2, 0.25) is 0 Å². The second-order valence-corrected chi connectivity index (χ2v) is 7.38. The number of nitrogens with one attached hydrogen (secondary N) is 1. The number of hydrogen-bond acceptors (Lipinski definition) is 3. The third-order valence-electron chi connectivity index (χ3n) is 2.63. The predicted octanol–water partition coefficient (Wildman–Crippen LogP) is 5.56. The molecule has 1 heterocycles. The maximum Gasteiger partial charge on any atom is 0.435 e. The van der Waals surface area contributed by atoms with E-state index in [9.17, 15) is 18.0 Å². The number of halogens is 5. The molecular weight excluding hydrogens is 449 g/mol. The Bertz CT molecular complexity index is 720. The quantitative estimate of drug-likeness (QED) is 0.641. The van der Waals surface area contributed by atoms with Crippen LogP contribution in [0.4, 0.5) is 18.9 Å². The lowest BCUT2D eigenvalue weighted by molar-refractivity contribution is -0.141. The lowest BCUT2D eigenvalue weighted by atomic mass is 10.2. The average Bonchev–Trinajstić information content (AvgIpc) is 2.75. The van der Waals surface area contributed by atoms with E-state index < -0.39 is 22.7 Å². The number of anilines is 1. The molecule has 2 aromatic rings.